The Balaban J connectivity index is 1.64. The summed E-state index contributed by atoms with van der Waals surface area (Å²) < 4.78 is 25.2. The van der Waals surface area contributed by atoms with Crippen molar-refractivity contribution in [3.63, 3.8) is 0 Å². The molecule has 1 aromatic carbocycles. The lowest BCUT2D eigenvalue weighted by atomic mass is 9.98. The number of anilines is 2. The summed E-state index contributed by atoms with van der Waals surface area (Å²) in [4.78, 5) is 27.8. The van der Waals surface area contributed by atoms with E-state index in [1.165, 1.54) is 13.2 Å². The number of esters is 1. The first-order valence-electron chi connectivity index (χ1n) is 9.71. The molecule has 2 saturated heterocycles. The van der Waals surface area contributed by atoms with Crippen LogP contribution in [0.5, 0.6) is 0 Å². The molecule has 0 spiro atoms. The Morgan fingerprint density at radius 3 is 2.57 bits per heavy atom. The molecule has 2 aliphatic rings. The number of hydrogen-bond donors (Lipinski definition) is 1. The van der Waals surface area contributed by atoms with Crippen LogP contribution in [0.4, 0.5) is 20.6 Å². The van der Waals surface area contributed by atoms with Gasteiger partial charge in [-0.2, -0.15) is 0 Å². The number of morpholine rings is 1. The van der Waals surface area contributed by atoms with Crippen molar-refractivity contribution in [1.82, 2.24) is 4.90 Å². The van der Waals surface area contributed by atoms with Crippen LogP contribution in [0.3, 0.4) is 0 Å². The monoisotopic (exact) mass is 393 g/mol. The number of rotatable bonds is 3. The predicted octanol–water partition coefficient (Wildman–Crippen LogP) is 2.86. The third-order valence-corrected chi connectivity index (χ3v) is 5.20. The van der Waals surface area contributed by atoms with E-state index in [0.29, 0.717) is 44.0 Å². The van der Waals surface area contributed by atoms with E-state index in [1.807, 2.05) is 18.7 Å². The molecular formula is C20H28FN3O4. The molecule has 3 rings (SSSR count). The van der Waals surface area contributed by atoms with Gasteiger partial charge in [0.1, 0.15) is 5.82 Å². The molecule has 2 fully saturated rings. The minimum Gasteiger partial charge on any atom is -0.469 e. The summed E-state index contributed by atoms with van der Waals surface area (Å²) in [5, 5.41) is 2.73. The molecule has 8 heteroatoms. The first-order valence-corrected chi connectivity index (χ1v) is 9.71. The van der Waals surface area contributed by atoms with E-state index < -0.39 is 0 Å². The number of methoxy groups -OCH3 is 1. The highest BCUT2D eigenvalue weighted by Crippen LogP contribution is 2.26. The van der Waals surface area contributed by atoms with Crippen LogP contribution in [0.25, 0.3) is 0 Å². The molecule has 7 nitrogen and oxygen atoms in total. The number of ether oxygens (including phenoxy) is 2. The average Bonchev–Trinajstić information content (AvgIpc) is 2.66. The normalized spacial score (nSPS) is 25.4. The van der Waals surface area contributed by atoms with Gasteiger partial charge in [-0.05, 0) is 44.9 Å². The highest BCUT2D eigenvalue weighted by Gasteiger charge is 2.29. The molecule has 154 valence electrons. The Morgan fingerprint density at radius 1 is 1.21 bits per heavy atom. The minimum atomic E-state index is -0.384. The summed E-state index contributed by atoms with van der Waals surface area (Å²) in [6.07, 6.45) is 1.50. The first-order chi connectivity index (χ1) is 13.4. The van der Waals surface area contributed by atoms with E-state index in [9.17, 15) is 14.0 Å². The number of piperidine rings is 1. The molecule has 0 aromatic heterocycles. The Hall–Kier alpha value is -2.35. The lowest BCUT2D eigenvalue weighted by Gasteiger charge is -2.37. The number of halogens is 1. The number of nitrogens with one attached hydrogen (secondary N) is 1. The lowest BCUT2D eigenvalue weighted by Crippen LogP contribution is -2.46. The molecule has 2 amide bonds. The van der Waals surface area contributed by atoms with Gasteiger partial charge in [-0.25, -0.2) is 9.18 Å². The maximum absolute atomic E-state index is 14.7. The Bertz CT molecular complexity index is 719. The summed E-state index contributed by atoms with van der Waals surface area (Å²) in [5.41, 5.74) is 0.893. The quantitative estimate of drug-likeness (QED) is 0.800. The average molecular weight is 393 g/mol. The molecule has 1 N–H and O–H groups in total. The van der Waals surface area contributed by atoms with E-state index in [1.54, 1.807) is 17.0 Å². The van der Waals surface area contributed by atoms with Gasteiger partial charge < -0.3 is 24.6 Å². The van der Waals surface area contributed by atoms with Crippen LogP contribution in [0.1, 0.15) is 26.7 Å². The van der Waals surface area contributed by atoms with Crippen LogP contribution >= 0.6 is 0 Å². The molecule has 0 unspecified atom stereocenters. The van der Waals surface area contributed by atoms with Gasteiger partial charge in [0.25, 0.3) is 0 Å². The number of likely N-dealkylation sites (tertiary alicyclic amines) is 1. The summed E-state index contributed by atoms with van der Waals surface area (Å²) in [6, 6.07) is 4.38. The molecule has 1 aromatic rings. The number of carbonyl (C=O) groups excluding carboxylic acids is 2. The predicted molar refractivity (Wildman–Crippen MR) is 104 cm³/mol. The molecule has 28 heavy (non-hydrogen) atoms. The Morgan fingerprint density at radius 2 is 1.93 bits per heavy atom. The maximum Gasteiger partial charge on any atom is 0.321 e. The molecule has 0 bridgehead atoms. The van der Waals surface area contributed by atoms with Crippen molar-refractivity contribution in [2.75, 3.05) is 43.5 Å². The fourth-order valence-corrected chi connectivity index (χ4v) is 3.94. The van der Waals surface area contributed by atoms with Crippen molar-refractivity contribution in [3.05, 3.63) is 24.0 Å². The third-order valence-electron chi connectivity index (χ3n) is 5.20. The van der Waals surface area contributed by atoms with Gasteiger partial charge >= 0.3 is 12.0 Å². The van der Waals surface area contributed by atoms with Crippen LogP contribution < -0.4 is 10.2 Å². The van der Waals surface area contributed by atoms with Crippen molar-refractivity contribution >= 4 is 23.4 Å². The zero-order valence-electron chi connectivity index (χ0n) is 16.6. The topological polar surface area (TPSA) is 71.1 Å². The van der Waals surface area contributed by atoms with Gasteiger partial charge in [0.15, 0.2) is 0 Å². The van der Waals surface area contributed by atoms with Crippen LogP contribution in [0.2, 0.25) is 0 Å². The molecule has 0 radical (unpaired) electrons. The number of carbonyl (C=O) groups is 2. The third kappa shape index (κ3) is 4.73. The number of hydrogen-bond acceptors (Lipinski definition) is 5. The number of benzene rings is 1. The highest BCUT2D eigenvalue weighted by atomic mass is 19.1. The van der Waals surface area contributed by atoms with Crippen LogP contribution in [0.15, 0.2) is 18.2 Å². The van der Waals surface area contributed by atoms with E-state index >= 15 is 0 Å². The summed E-state index contributed by atoms with van der Waals surface area (Å²) in [6.45, 7) is 6.04. The molecular weight excluding hydrogens is 365 g/mol. The maximum atomic E-state index is 14.7. The minimum absolute atomic E-state index is 0.0318. The lowest BCUT2D eigenvalue weighted by molar-refractivity contribution is -0.146. The number of urea groups is 1. The van der Waals surface area contributed by atoms with Crippen molar-refractivity contribution in [2.24, 2.45) is 5.92 Å². The van der Waals surface area contributed by atoms with Gasteiger partial charge in [-0.1, -0.05) is 0 Å². The van der Waals surface area contributed by atoms with Crippen molar-refractivity contribution in [2.45, 2.75) is 38.9 Å². The smallest absolute Gasteiger partial charge is 0.321 e. The van der Waals surface area contributed by atoms with E-state index in [2.05, 4.69) is 5.32 Å². The molecule has 2 aliphatic heterocycles. The molecule has 2 heterocycles. The van der Waals surface area contributed by atoms with Crippen LogP contribution in [0, 0.1) is 11.7 Å². The summed E-state index contributed by atoms with van der Waals surface area (Å²) in [7, 11) is 1.35. The van der Waals surface area contributed by atoms with Gasteiger partial charge in [0.05, 0.1) is 30.9 Å². The number of nitrogens with zero attached hydrogens (tertiary/aromatic N) is 2. The summed E-state index contributed by atoms with van der Waals surface area (Å²) in [5.74, 6) is -0.999. The fourth-order valence-electron chi connectivity index (χ4n) is 3.94. The highest BCUT2D eigenvalue weighted by molar-refractivity contribution is 5.90. The standard InChI is InChI=1S/C20H28FN3O4/c1-13-10-24(11-14(2)28-13)18-7-6-16(9-17(18)21)22-20(26)23-8-4-5-15(12-23)19(25)27-3/h6-7,9,13-15H,4-5,8,10-12H2,1-3H3,(H,22,26)/t13-,14-,15+/m0/s1. The summed E-state index contributed by atoms with van der Waals surface area (Å²) >= 11 is 0. The van der Waals surface area contributed by atoms with Crippen molar-refractivity contribution in [1.29, 1.82) is 0 Å². The van der Waals surface area contributed by atoms with E-state index in [-0.39, 0.29) is 35.9 Å². The molecule has 0 saturated carbocycles. The van der Waals surface area contributed by atoms with Crippen molar-refractivity contribution < 1.29 is 23.5 Å². The second-order valence-corrected chi connectivity index (χ2v) is 7.57. The van der Waals surface area contributed by atoms with Crippen LogP contribution in [-0.4, -0.2) is 62.4 Å². The zero-order chi connectivity index (χ0) is 20.3. The van der Waals surface area contributed by atoms with Gasteiger partial charge in [0.2, 0.25) is 0 Å². The zero-order valence-corrected chi connectivity index (χ0v) is 16.6. The van der Waals surface area contributed by atoms with Crippen molar-refractivity contribution in [3.8, 4) is 0 Å². The first kappa shape index (κ1) is 20.4. The van der Waals surface area contributed by atoms with Gasteiger partial charge in [0, 0.05) is 31.9 Å². The Kier molecular flexibility index (Phi) is 6.39. The Labute approximate surface area is 164 Å². The SMILES string of the molecule is COC(=O)[C@@H]1CCCN(C(=O)Nc2ccc(N3C[C@H](C)O[C@@H](C)C3)c(F)c2)C1. The molecule has 0 aliphatic carbocycles. The van der Waals surface area contributed by atoms with Gasteiger partial charge in [-0.3, -0.25) is 4.79 Å². The van der Waals surface area contributed by atoms with Crippen LogP contribution in [-0.2, 0) is 14.3 Å². The second kappa shape index (κ2) is 8.77. The van der Waals surface area contributed by atoms with Gasteiger partial charge in [-0.15, -0.1) is 0 Å². The molecule has 3 atom stereocenters. The fraction of sp³-hybridized carbons (Fsp3) is 0.600. The largest absolute Gasteiger partial charge is 0.469 e. The van der Waals surface area contributed by atoms with E-state index in [4.69, 9.17) is 9.47 Å². The second-order valence-electron chi connectivity index (χ2n) is 7.57. The van der Waals surface area contributed by atoms with E-state index in [0.717, 1.165) is 6.42 Å². The number of amides is 2.